The molecule has 1 aliphatic rings. The molecule has 0 radical (unpaired) electrons. The van der Waals surface area contributed by atoms with E-state index in [-0.39, 0.29) is 5.82 Å². The van der Waals surface area contributed by atoms with Crippen LogP contribution in [0.25, 0.3) is 0 Å². The summed E-state index contributed by atoms with van der Waals surface area (Å²) in [5.74, 6) is 1.47. The van der Waals surface area contributed by atoms with Crippen molar-refractivity contribution < 1.29 is 4.39 Å². The molecule has 1 fully saturated rings. The molecule has 0 spiro atoms. The van der Waals surface area contributed by atoms with Crippen LogP contribution in [0.5, 0.6) is 0 Å². The molecule has 0 saturated carbocycles. The van der Waals surface area contributed by atoms with Crippen LogP contribution in [0.2, 0.25) is 0 Å². The highest BCUT2D eigenvalue weighted by molar-refractivity contribution is 7.99. The standard InChI is InChI=1S/C11H11FN2S/c12-9-2-1-3-10(6-9)14-11(7-13)4-5-15-8-11/h1-3,6,14H,4-5,8H2. The van der Waals surface area contributed by atoms with Crippen LogP contribution in [0.15, 0.2) is 24.3 Å². The van der Waals surface area contributed by atoms with E-state index in [0.717, 1.165) is 17.9 Å². The second-order valence-corrected chi connectivity index (χ2v) is 4.74. The zero-order valence-corrected chi connectivity index (χ0v) is 8.98. The minimum absolute atomic E-state index is 0.279. The minimum Gasteiger partial charge on any atom is -0.367 e. The van der Waals surface area contributed by atoms with Gasteiger partial charge >= 0.3 is 0 Å². The Bertz CT molecular complexity index is 394. The first kappa shape index (κ1) is 10.3. The van der Waals surface area contributed by atoms with Crippen molar-refractivity contribution >= 4 is 17.4 Å². The Morgan fingerprint density at radius 1 is 1.53 bits per heavy atom. The Morgan fingerprint density at radius 2 is 2.40 bits per heavy atom. The summed E-state index contributed by atoms with van der Waals surface area (Å²) in [6.45, 7) is 0. The van der Waals surface area contributed by atoms with Gasteiger partial charge in [-0.15, -0.1) is 0 Å². The van der Waals surface area contributed by atoms with Gasteiger partial charge in [-0.2, -0.15) is 17.0 Å². The van der Waals surface area contributed by atoms with Crippen molar-refractivity contribution in [2.45, 2.75) is 12.0 Å². The summed E-state index contributed by atoms with van der Waals surface area (Å²) in [4.78, 5) is 0. The molecule has 4 heteroatoms. The van der Waals surface area contributed by atoms with E-state index in [1.54, 1.807) is 23.9 Å². The van der Waals surface area contributed by atoms with E-state index in [1.165, 1.54) is 12.1 Å². The third kappa shape index (κ3) is 2.24. The van der Waals surface area contributed by atoms with Gasteiger partial charge < -0.3 is 5.32 Å². The topological polar surface area (TPSA) is 35.8 Å². The van der Waals surface area contributed by atoms with Crippen LogP contribution in [-0.2, 0) is 0 Å². The summed E-state index contributed by atoms with van der Waals surface area (Å²) < 4.78 is 12.9. The maximum Gasteiger partial charge on any atom is 0.135 e. The summed E-state index contributed by atoms with van der Waals surface area (Å²) in [5, 5.41) is 12.3. The molecule has 1 atom stereocenters. The Kier molecular flexibility index (Phi) is 2.83. The quantitative estimate of drug-likeness (QED) is 0.835. The number of hydrogen-bond acceptors (Lipinski definition) is 3. The van der Waals surface area contributed by atoms with Crippen LogP contribution in [-0.4, -0.2) is 17.0 Å². The molecule has 1 aliphatic heterocycles. The zero-order valence-electron chi connectivity index (χ0n) is 8.16. The normalized spacial score (nSPS) is 24.8. The van der Waals surface area contributed by atoms with Gasteiger partial charge in [0.2, 0.25) is 0 Å². The van der Waals surface area contributed by atoms with Crippen molar-refractivity contribution in [3.05, 3.63) is 30.1 Å². The van der Waals surface area contributed by atoms with Crippen LogP contribution >= 0.6 is 11.8 Å². The fourth-order valence-corrected chi connectivity index (χ4v) is 2.89. The summed E-state index contributed by atoms with van der Waals surface area (Å²) in [7, 11) is 0. The molecular formula is C11H11FN2S. The summed E-state index contributed by atoms with van der Waals surface area (Å²) in [6, 6.07) is 8.53. The van der Waals surface area contributed by atoms with Crippen LogP contribution in [0, 0.1) is 17.1 Å². The fraction of sp³-hybridized carbons (Fsp3) is 0.364. The van der Waals surface area contributed by atoms with Crippen LogP contribution in [0.1, 0.15) is 6.42 Å². The molecule has 1 unspecified atom stereocenters. The average Bonchev–Trinajstić information content (AvgIpc) is 2.67. The van der Waals surface area contributed by atoms with Crippen molar-refractivity contribution in [2.24, 2.45) is 0 Å². The number of rotatable bonds is 2. The Hall–Kier alpha value is -1.21. The maximum atomic E-state index is 12.9. The van der Waals surface area contributed by atoms with Gasteiger partial charge in [-0.25, -0.2) is 4.39 Å². The van der Waals surface area contributed by atoms with Gasteiger partial charge in [-0.1, -0.05) is 6.07 Å². The van der Waals surface area contributed by atoms with Gasteiger partial charge in [0.15, 0.2) is 0 Å². The van der Waals surface area contributed by atoms with E-state index in [1.807, 2.05) is 0 Å². The lowest BCUT2D eigenvalue weighted by molar-refractivity contribution is 0.625. The molecule has 0 aliphatic carbocycles. The van der Waals surface area contributed by atoms with E-state index in [2.05, 4.69) is 11.4 Å². The highest BCUT2D eigenvalue weighted by atomic mass is 32.2. The van der Waals surface area contributed by atoms with E-state index in [0.29, 0.717) is 5.69 Å². The number of anilines is 1. The zero-order chi connectivity index (χ0) is 10.7. The molecule has 15 heavy (non-hydrogen) atoms. The van der Waals surface area contributed by atoms with Crippen molar-refractivity contribution in [2.75, 3.05) is 16.8 Å². The smallest absolute Gasteiger partial charge is 0.135 e. The van der Waals surface area contributed by atoms with Crippen LogP contribution in [0.3, 0.4) is 0 Å². The Morgan fingerprint density at radius 3 is 3.00 bits per heavy atom. The van der Waals surface area contributed by atoms with Gasteiger partial charge in [0.05, 0.1) is 6.07 Å². The molecule has 1 heterocycles. The highest BCUT2D eigenvalue weighted by Gasteiger charge is 2.34. The summed E-state index contributed by atoms with van der Waals surface area (Å²) in [6.07, 6.45) is 0.810. The first-order valence-corrected chi connectivity index (χ1v) is 5.92. The molecule has 1 saturated heterocycles. The second-order valence-electron chi connectivity index (χ2n) is 3.63. The third-order valence-electron chi connectivity index (χ3n) is 2.44. The molecular weight excluding hydrogens is 211 g/mol. The number of benzene rings is 1. The third-order valence-corrected chi connectivity index (χ3v) is 3.63. The van der Waals surface area contributed by atoms with E-state index in [4.69, 9.17) is 5.26 Å². The first-order chi connectivity index (χ1) is 7.24. The maximum absolute atomic E-state index is 12.9. The van der Waals surface area contributed by atoms with Crippen LogP contribution < -0.4 is 5.32 Å². The highest BCUT2D eigenvalue weighted by Crippen LogP contribution is 2.30. The van der Waals surface area contributed by atoms with Crippen molar-refractivity contribution in [1.29, 1.82) is 5.26 Å². The lowest BCUT2D eigenvalue weighted by atomic mass is 10.0. The van der Waals surface area contributed by atoms with Gasteiger partial charge in [0.25, 0.3) is 0 Å². The van der Waals surface area contributed by atoms with E-state index < -0.39 is 5.54 Å². The number of halogens is 1. The number of nitrogens with zero attached hydrogens (tertiary/aromatic N) is 1. The second kappa shape index (κ2) is 4.11. The van der Waals surface area contributed by atoms with Gasteiger partial charge in [0, 0.05) is 11.4 Å². The van der Waals surface area contributed by atoms with E-state index >= 15 is 0 Å². The Labute approximate surface area is 92.5 Å². The molecule has 2 nitrogen and oxygen atoms in total. The fourth-order valence-electron chi connectivity index (χ4n) is 1.62. The number of thioether (sulfide) groups is 1. The molecule has 78 valence electrons. The molecule has 1 aromatic carbocycles. The number of hydrogen-bond donors (Lipinski definition) is 1. The predicted molar refractivity (Wildman–Crippen MR) is 60.3 cm³/mol. The summed E-state index contributed by atoms with van der Waals surface area (Å²) >= 11 is 1.75. The van der Waals surface area contributed by atoms with Crippen molar-refractivity contribution in [3.63, 3.8) is 0 Å². The van der Waals surface area contributed by atoms with Crippen molar-refractivity contribution in [1.82, 2.24) is 0 Å². The first-order valence-electron chi connectivity index (χ1n) is 4.77. The largest absolute Gasteiger partial charge is 0.367 e. The predicted octanol–water partition coefficient (Wildman–Crippen LogP) is 2.64. The molecule has 1 aromatic rings. The SMILES string of the molecule is N#CC1(Nc2cccc(F)c2)CCSC1. The monoisotopic (exact) mass is 222 g/mol. The molecule has 0 amide bonds. The number of nitriles is 1. The molecule has 2 rings (SSSR count). The van der Waals surface area contributed by atoms with Gasteiger partial charge in [-0.05, 0) is 30.4 Å². The van der Waals surface area contributed by atoms with Crippen LogP contribution in [0.4, 0.5) is 10.1 Å². The van der Waals surface area contributed by atoms with E-state index in [9.17, 15) is 4.39 Å². The minimum atomic E-state index is -0.515. The average molecular weight is 222 g/mol. The lowest BCUT2D eigenvalue weighted by Crippen LogP contribution is -2.36. The van der Waals surface area contributed by atoms with Gasteiger partial charge in [-0.3, -0.25) is 0 Å². The molecule has 1 N–H and O–H groups in total. The van der Waals surface area contributed by atoms with Gasteiger partial charge in [0.1, 0.15) is 11.4 Å². The summed E-state index contributed by atoms with van der Waals surface area (Å²) in [5.41, 5.74) is 0.164. The Balaban J connectivity index is 2.17. The number of nitrogens with one attached hydrogen (secondary N) is 1. The lowest BCUT2D eigenvalue weighted by Gasteiger charge is -2.22. The molecule has 0 bridgehead atoms. The molecule has 0 aromatic heterocycles. The van der Waals surface area contributed by atoms with Crippen molar-refractivity contribution in [3.8, 4) is 6.07 Å².